The van der Waals surface area contributed by atoms with E-state index in [1.165, 1.54) is 12.3 Å². The molecule has 0 saturated carbocycles. The number of hydrogen-bond acceptors (Lipinski definition) is 4. The molecular formula is C12H19N3O3. The molecule has 1 heterocycles. The van der Waals surface area contributed by atoms with Gasteiger partial charge in [0.2, 0.25) is 0 Å². The molecule has 3 N–H and O–H groups in total. The summed E-state index contributed by atoms with van der Waals surface area (Å²) >= 11 is 0. The van der Waals surface area contributed by atoms with Crippen molar-refractivity contribution in [2.75, 3.05) is 33.4 Å². The number of aryl methyl sites for hydroxylation is 1. The Morgan fingerprint density at radius 3 is 2.83 bits per heavy atom. The van der Waals surface area contributed by atoms with Crippen LogP contribution in [-0.2, 0) is 4.74 Å². The number of hydrogen-bond donors (Lipinski definition) is 3. The normalized spacial score (nSPS) is 10.3. The molecule has 6 heteroatoms. The van der Waals surface area contributed by atoms with Gasteiger partial charge < -0.3 is 20.4 Å². The molecule has 0 aromatic carbocycles. The van der Waals surface area contributed by atoms with Crippen LogP contribution in [0, 0.1) is 6.92 Å². The molecule has 0 aliphatic carbocycles. The van der Waals surface area contributed by atoms with E-state index in [9.17, 15) is 9.59 Å². The Balaban J connectivity index is 2.34. The Labute approximate surface area is 106 Å². The molecule has 1 aromatic rings. The average molecular weight is 253 g/mol. The van der Waals surface area contributed by atoms with E-state index in [1.807, 2.05) is 0 Å². The Kier molecular flexibility index (Phi) is 6.10. The molecule has 18 heavy (non-hydrogen) atoms. The van der Waals surface area contributed by atoms with E-state index >= 15 is 0 Å². The Morgan fingerprint density at radius 1 is 1.39 bits per heavy atom. The summed E-state index contributed by atoms with van der Waals surface area (Å²) in [4.78, 5) is 26.1. The molecule has 1 amide bonds. The Bertz CT molecular complexity index is 442. The lowest BCUT2D eigenvalue weighted by atomic mass is 10.2. The van der Waals surface area contributed by atoms with Crippen LogP contribution in [0.3, 0.4) is 0 Å². The fourth-order valence-corrected chi connectivity index (χ4v) is 1.41. The summed E-state index contributed by atoms with van der Waals surface area (Å²) in [6.07, 6.45) is 1.44. The first-order chi connectivity index (χ1) is 8.65. The van der Waals surface area contributed by atoms with Crippen molar-refractivity contribution in [1.82, 2.24) is 15.6 Å². The number of aromatic nitrogens is 1. The molecule has 0 fully saturated rings. The second kappa shape index (κ2) is 7.62. The number of H-pyrrole nitrogens is 1. The highest BCUT2D eigenvalue weighted by Gasteiger charge is 2.08. The number of amides is 1. The fourth-order valence-electron chi connectivity index (χ4n) is 1.41. The fraction of sp³-hybridized carbons (Fsp3) is 0.500. The van der Waals surface area contributed by atoms with E-state index in [2.05, 4.69) is 15.6 Å². The van der Waals surface area contributed by atoms with Crippen LogP contribution in [0.2, 0.25) is 0 Å². The van der Waals surface area contributed by atoms with Crippen molar-refractivity contribution in [3.8, 4) is 0 Å². The van der Waals surface area contributed by atoms with Gasteiger partial charge in [0.15, 0.2) is 5.43 Å². The van der Waals surface area contributed by atoms with Gasteiger partial charge in [-0.25, -0.2) is 0 Å². The summed E-state index contributed by atoms with van der Waals surface area (Å²) in [5.74, 6) is -0.357. The molecule has 0 spiro atoms. The van der Waals surface area contributed by atoms with E-state index in [0.29, 0.717) is 19.7 Å². The van der Waals surface area contributed by atoms with Crippen molar-refractivity contribution >= 4 is 5.91 Å². The lowest BCUT2D eigenvalue weighted by molar-refractivity contribution is 0.0952. The highest BCUT2D eigenvalue weighted by Crippen LogP contribution is 1.91. The van der Waals surface area contributed by atoms with Gasteiger partial charge in [0.05, 0.1) is 6.61 Å². The molecule has 0 aliphatic heterocycles. The first kappa shape index (κ1) is 14.4. The van der Waals surface area contributed by atoms with E-state index in [0.717, 1.165) is 12.2 Å². The molecule has 0 radical (unpaired) electrons. The summed E-state index contributed by atoms with van der Waals surface area (Å²) in [5, 5.41) is 5.77. The zero-order valence-corrected chi connectivity index (χ0v) is 10.7. The van der Waals surface area contributed by atoms with E-state index < -0.39 is 0 Å². The number of ether oxygens (including phenoxy) is 1. The smallest absolute Gasteiger partial charge is 0.256 e. The van der Waals surface area contributed by atoms with Crippen molar-refractivity contribution in [2.24, 2.45) is 0 Å². The van der Waals surface area contributed by atoms with Gasteiger partial charge in [-0.05, 0) is 6.92 Å². The third-order valence-corrected chi connectivity index (χ3v) is 2.37. The molecule has 0 atom stereocenters. The lowest BCUT2D eigenvalue weighted by Crippen LogP contribution is -2.35. The zero-order chi connectivity index (χ0) is 13.4. The predicted octanol–water partition coefficient (Wildman–Crippen LogP) is -0.351. The van der Waals surface area contributed by atoms with Crippen LogP contribution in [0.4, 0.5) is 0 Å². The number of aromatic amines is 1. The molecule has 1 rings (SSSR count). The minimum Gasteiger partial charge on any atom is -0.383 e. The highest BCUT2D eigenvalue weighted by atomic mass is 16.5. The van der Waals surface area contributed by atoms with Crippen LogP contribution in [0.25, 0.3) is 0 Å². The summed E-state index contributed by atoms with van der Waals surface area (Å²) in [5.41, 5.74) is 0.603. The van der Waals surface area contributed by atoms with Crippen molar-refractivity contribution in [2.45, 2.75) is 6.92 Å². The average Bonchev–Trinajstić information content (AvgIpc) is 2.33. The topological polar surface area (TPSA) is 83.2 Å². The second-order valence-corrected chi connectivity index (χ2v) is 3.89. The van der Waals surface area contributed by atoms with Gasteiger partial charge in [0.25, 0.3) is 5.91 Å². The number of methoxy groups -OCH3 is 1. The van der Waals surface area contributed by atoms with Crippen LogP contribution < -0.4 is 16.1 Å². The number of carbonyl (C=O) groups excluding carboxylic acids is 1. The van der Waals surface area contributed by atoms with Crippen LogP contribution in [0.5, 0.6) is 0 Å². The van der Waals surface area contributed by atoms with E-state index in [1.54, 1.807) is 14.0 Å². The third kappa shape index (κ3) is 4.68. The second-order valence-electron chi connectivity index (χ2n) is 3.89. The van der Waals surface area contributed by atoms with Gasteiger partial charge in [0.1, 0.15) is 5.56 Å². The van der Waals surface area contributed by atoms with Gasteiger partial charge in [-0.3, -0.25) is 9.59 Å². The number of pyridine rings is 1. The largest absolute Gasteiger partial charge is 0.383 e. The Hall–Kier alpha value is -1.66. The van der Waals surface area contributed by atoms with Gasteiger partial charge in [-0.15, -0.1) is 0 Å². The van der Waals surface area contributed by atoms with Crippen LogP contribution >= 0.6 is 0 Å². The van der Waals surface area contributed by atoms with E-state index in [4.69, 9.17) is 4.74 Å². The summed E-state index contributed by atoms with van der Waals surface area (Å²) < 4.78 is 4.87. The maximum atomic E-state index is 11.7. The summed E-state index contributed by atoms with van der Waals surface area (Å²) in [6, 6.07) is 1.41. The molecule has 6 nitrogen and oxygen atoms in total. The number of nitrogens with one attached hydrogen (secondary N) is 3. The quantitative estimate of drug-likeness (QED) is 0.580. The summed E-state index contributed by atoms with van der Waals surface area (Å²) in [7, 11) is 1.63. The highest BCUT2D eigenvalue weighted by molar-refractivity contribution is 5.93. The molecule has 1 aromatic heterocycles. The predicted molar refractivity (Wildman–Crippen MR) is 68.9 cm³/mol. The van der Waals surface area contributed by atoms with Gasteiger partial charge in [0, 0.05) is 44.7 Å². The van der Waals surface area contributed by atoms with Crippen LogP contribution in [-0.4, -0.2) is 44.2 Å². The number of rotatable bonds is 7. The third-order valence-electron chi connectivity index (χ3n) is 2.37. The van der Waals surface area contributed by atoms with Crippen molar-refractivity contribution in [1.29, 1.82) is 0 Å². The van der Waals surface area contributed by atoms with Gasteiger partial charge in [-0.1, -0.05) is 0 Å². The first-order valence-electron chi connectivity index (χ1n) is 5.82. The molecular weight excluding hydrogens is 234 g/mol. The maximum Gasteiger partial charge on any atom is 0.256 e. The lowest BCUT2D eigenvalue weighted by Gasteiger charge is -2.06. The minimum absolute atomic E-state index is 0.137. The van der Waals surface area contributed by atoms with E-state index in [-0.39, 0.29) is 16.9 Å². The van der Waals surface area contributed by atoms with Gasteiger partial charge >= 0.3 is 0 Å². The molecule has 0 aliphatic rings. The monoisotopic (exact) mass is 253 g/mol. The molecule has 100 valence electrons. The maximum absolute atomic E-state index is 11.7. The van der Waals surface area contributed by atoms with Crippen molar-refractivity contribution < 1.29 is 9.53 Å². The van der Waals surface area contributed by atoms with Crippen molar-refractivity contribution in [3.63, 3.8) is 0 Å². The molecule has 0 bridgehead atoms. The summed E-state index contributed by atoms with van der Waals surface area (Å²) in [6.45, 7) is 4.24. The number of carbonyl (C=O) groups is 1. The standard InChI is InChI=1S/C12H19N3O3/c1-9-7-11(16)10(8-15-9)12(17)14-4-3-13-5-6-18-2/h7-8,13H,3-6H2,1-2H3,(H,14,17)(H,15,16). The van der Waals surface area contributed by atoms with Crippen LogP contribution in [0.15, 0.2) is 17.1 Å². The molecule has 0 unspecified atom stereocenters. The first-order valence-corrected chi connectivity index (χ1v) is 5.82. The Morgan fingerprint density at radius 2 is 2.17 bits per heavy atom. The molecule has 0 saturated heterocycles. The van der Waals surface area contributed by atoms with Crippen LogP contribution in [0.1, 0.15) is 16.1 Å². The minimum atomic E-state index is -0.357. The zero-order valence-electron chi connectivity index (χ0n) is 10.7. The van der Waals surface area contributed by atoms with Crippen molar-refractivity contribution in [3.05, 3.63) is 33.7 Å². The SMILES string of the molecule is COCCNCCNC(=O)c1c[nH]c(C)cc1=O. The van der Waals surface area contributed by atoms with Gasteiger partial charge in [-0.2, -0.15) is 0 Å².